The van der Waals surface area contributed by atoms with E-state index in [4.69, 9.17) is 5.73 Å². The quantitative estimate of drug-likeness (QED) is 0.744. The third kappa shape index (κ3) is 7.33. The summed E-state index contributed by atoms with van der Waals surface area (Å²) in [6.07, 6.45) is 1.05. The van der Waals surface area contributed by atoms with E-state index in [1.165, 1.54) is 0 Å². The SMILES string of the molecule is CCCS(=O)(=O)NC(=O)C(CN)CC(C)(C)C. The molecule has 0 aromatic carbocycles. The zero-order valence-corrected chi connectivity index (χ0v) is 11.9. The zero-order valence-electron chi connectivity index (χ0n) is 11.1. The monoisotopic (exact) mass is 264 g/mol. The molecule has 102 valence electrons. The second kappa shape index (κ2) is 6.35. The first-order valence-electron chi connectivity index (χ1n) is 5.85. The molecule has 0 aliphatic rings. The van der Waals surface area contributed by atoms with Gasteiger partial charge in [-0.15, -0.1) is 0 Å². The first-order valence-corrected chi connectivity index (χ1v) is 7.51. The summed E-state index contributed by atoms with van der Waals surface area (Å²) in [6, 6.07) is 0. The first kappa shape index (κ1) is 16.4. The summed E-state index contributed by atoms with van der Waals surface area (Å²) < 4.78 is 25.0. The summed E-state index contributed by atoms with van der Waals surface area (Å²) in [4.78, 5) is 11.8. The van der Waals surface area contributed by atoms with Crippen LogP contribution in [0.4, 0.5) is 0 Å². The van der Waals surface area contributed by atoms with Gasteiger partial charge in [0.1, 0.15) is 0 Å². The van der Waals surface area contributed by atoms with Gasteiger partial charge in [-0.3, -0.25) is 9.52 Å². The molecule has 3 N–H and O–H groups in total. The largest absolute Gasteiger partial charge is 0.330 e. The van der Waals surface area contributed by atoms with Crippen LogP contribution in [-0.2, 0) is 14.8 Å². The number of nitrogens with one attached hydrogen (secondary N) is 1. The van der Waals surface area contributed by atoms with Gasteiger partial charge in [0, 0.05) is 6.54 Å². The second-order valence-electron chi connectivity index (χ2n) is 5.48. The average Bonchev–Trinajstić information content (AvgIpc) is 2.11. The molecule has 0 aromatic rings. The van der Waals surface area contributed by atoms with Crippen molar-refractivity contribution < 1.29 is 13.2 Å². The lowest BCUT2D eigenvalue weighted by Crippen LogP contribution is -2.41. The van der Waals surface area contributed by atoms with E-state index < -0.39 is 21.8 Å². The number of carbonyl (C=O) groups excluding carboxylic acids is 1. The van der Waals surface area contributed by atoms with Crippen molar-refractivity contribution in [3.05, 3.63) is 0 Å². The molecule has 5 nitrogen and oxygen atoms in total. The zero-order chi connectivity index (χ0) is 13.7. The molecule has 1 amide bonds. The highest BCUT2D eigenvalue weighted by atomic mass is 32.2. The maximum Gasteiger partial charge on any atom is 0.237 e. The molecule has 1 unspecified atom stereocenters. The summed E-state index contributed by atoms with van der Waals surface area (Å²) >= 11 is 0. The number of hydrogen-bond donors (Lipinski definition) is 2. The van der Waals surface area contributed by atoms with Crippen molar-refractivity contribution in [1.82, 2.24) is 4.72 Å². The van der Waals surface area contributed by atoms with Gasteiger partial charge in [0.2, 0.25) is 15.9 Å². The molecule has 1 atom stereocenters. The summed E-state index contributed by atoms with van der Waals surface area (Å²) in [5.41, 5.74) is 5.46. The summed E-state index contributed by atoms with van der Waals surface area (Å²) in [7, 11) is -3.50. The van der Waals surface area contributed by atoms with Crippen LogP contribution in [0.1, 0.15) is 40.5 Å². The number of sulfonamides is 1. The van der Waals surface area contributed by atoms with Gasteiger partial charge < -0.3 is 5.73 Å². The molecule has 0 fully saturated rings. The van der Waals surface area contributed by atoms with E-state index in [0.717, 1.165) is 0 Å². The number of hydrogen-bond acceptors (Lipinski definition) is 4. The third-order valence-corrected chi connectivity index (χ3v) is 3.70. The van der Waals surface area contributed by atoms with Crippen molar-refractivity contribution in [1.29, 1.82) is 0 Å². The van der Waals surface area contributed by atoms with Gasteiger partial charge in [-0.2, -0.15) is 0 Å². The van der Waals surface area contributed by atoms with Crippen LogP contribution < -0.4 is 10.5 Å². The molecular formula is C11H24N2O3S. The maximum atomic E-state index is 11.8. The van der Waals surface area contributed by atoms with Crippen molar-refractivity contribution in [2.45, 2.75) is 40.5 Å². The maximum absolute atomic E-state index is 11.8. The Kier molecular flexibility index (Phi) is 6.12. The van der Waals surface area contributed by atoms with Gasteiger partial charge in [0.15, 0.2) is 0 Å². The van der Waals surface area contributed by atoms with E-state index in [1.807, 2.05) is 20.8 Å². The molecule has 17 heavy (non-hydrogen) atoms. The predicted octanol–water partition coefficient (Wildman–Crippen LogP) is 0.853. The third-order valence-electron chi connectivity index (χ3n) is 2.24. The highest BCUT2D eigenvalue weighted by Crippen LogP contribution is 2.24. The topological polar surface area (TPSA) is 89.3 Å². The van der Waals surface area contributed by atoms with E-state index in [-0.39, 0.29) is 17.7 Å². The van der Waals surface area contributed by atoms with Gasteiger partial charge >= 0.3 is 0 Å². The summed E-state index contributed by atoms with van der Waals surface area (Å²) in [5.74, 6) is -0.983. The van der Waals surface area contributed by atoms with E-state index in [2.05, 4.69) is 4.72 Å². The lowest BCUT2D eigenvalue weighted by Gasteiger charge is -2.24. The number of nitrogens with two attached hydrogens (primary N) is 1. The van der Waals surface area contributed by atoms with Crippen molar-refractivity contribution in [2.24, 2.45) is 17.1 Å². The van der Waals surface area contributed by atoms with Crippen LogP contribution in [0.5, 0.6) is 0 Å². The van der Waals surface area contributed by atoms with Crippen LogP contribution in [0.3, 0.4) is 0 Å². The fourth-order valence-electron chi connectivity index (χ4n) is 1.58. The van der Waals surface area contributed by atoms with Crippen LogP contribution in [0.15, 0.2) is 0 Å². The predicted molar refractivity (Wildman–Crippen MR) is 68.8 cm³/mol. The molecular weight excluding hydrogens is 240 g/mol. The van der Waals surface area contributed by atoms with E-state index in [0.29, 0.717) is 12.8 Å². The van der Waals surface area contributed by atoms with Gasteiger partial charge in [-0.1, -0.05) is 27.7 Å². The van der Waals surface area contributed by atoms with Crippen molar-refractivity contribution in [3.63, 3.8) is 0 Å². The van der Waals surface area contributed by atoms with E-state index >= 15 is 0 Å². The highest BCUT2D eigenvalue weighted by Gasteiger charge is 2.26. The molecule has 0 heterocycles. The van der Waals surface area contributed by atoms with E-state index in [1.54, 1.807) is 6.92 Å². The number of carbonyl (C=O) groups is 1. The molecule has 0 aliphatic carbocycles. The standard InChI is InChI=1S/C11H24N2O3S/c1-5-6-17(15,16)13-10(14)9(8-12)7-11(2,3)4/h9H,5-8,12H2,1-4H3,(H,13,14). The van der Waals surface area contributed by atoms with Crippen molar-refractivity contribution in [2.75, 3.05) is 12.3 Å². The van der Waals surface area contributed by atoms with Crippen molar-refractivity contribution >= 4 is 15.9 Å². The van der Waals surface area contributed by atoms with Crippen LogP contribution in [0, 0.1) is 11.3 Å². The van der Waals surface area contributed by atoms with Crippen molar-refractivity contribution in [3.8, 4) is 0 Å². The van der Waals surface area contributed by atoms with Gasteiger partial charge in [-0.05, 0) is 18.3 Å². The van der Waals surface area contributed by atoms with Gasteiger partial charge in [0.25, 0.3) is 0 Å². The Balaban J connectivity index is 4.57. The Labute approximate surface area is 104 Å². The Bertz CT molecular complexity index is 344. The fraction of sp³-hybridized carbons (Fsp3) is 0.909. The molecule has 0 bridgehead atoms. The minimum Gasteiger partial charge on any atom is -0.330 e. The van der Waals surface area contributed by atoms with Crippen LogP contribution in [0.25, 0.3) is 0 Å². The molecule has 0 aromatic heterocycles. The first-order chi connectivity index (χ1) is 7.61. The molecule has 0 aliphatic heterocycles. The Hall–Kier alpha value is -0.620. The fourth-order valence-corrected chi connectivity index (χ4v) is 2.69. The normalized spacial score (nSPS) is 14.4. The second-order valence-corrected chi connectivity index (χ2v) is 7.32. The molecule has 0 rings (SSSR count). The number of rotatable bonds is 6. The Morgan fingerprint density at radius 2 is 1.88 bits per heavy atom. The van der Waals surface area contributed by atoms with Crippen LogP contribution in [0.2, 0.25) is 0 Å². The molecule has 0 radical (unpaired) electrons. The average molecular weight is 264 g/mol. The van der Waals surface area contributed by atoms with Crippen LogP contribution in [-0.4, -0.2) is 26.6 Å². The van der Waals surface area contributed by atoms with Crippen LogP contribution >= 0.6 is 0 Å². The minimum atomic E-state index is -3.50. The molecule has 0 spiro atoms. The van der Waals surface area contributed by atoms with Gasteiger partial charge in [-0.25, -0.2) is 8.42 Å². The van der Waals surface area contributed by atoms with Gasteiger partial charge in [0.05, 0.1) is 11.7 Å². The lowest BCUT2D eigenvalue weighted by molar-refractivity contribution is -0.123. The minimum absolute atomic E-state index is 0.0362. The number of amides is 1. The smallest absolute Gasteiger partial charge is 0.237 e. The highest BCUT2D eigenvalue weighted by molar-refractivity contribution is 7.90. The molecule has 0 saturated heterocycles. The molecule has 6 heteroatoms. The summed E-state index contributed by atoms with van der Waals surface area (Å²) in [6.45, 7) is 7.88. The van der Waals surface area contributed by atoms with E-state index in [9.17, 15) is 13.2 Å². The Morgan fingerprint density at radius 3 is 2.24 bits per heavy atom. The molecule has 0 saturated carbocycles. The lowest BCUT2D eigenvalue weighted by atomic mass is 9.84. The Morgan fingerprint density at radius 1 is 1.35 bits per heavy atom. The summed E-state index contributed by atoms with van der Waals surface area (Å²) in [5, 5.41) is 0.